The molecule has 2 rings (SSSR count). The maximum absolute atomic E-state index is 4.80. The van der Waals surface area contributed by atoms with Crippen molar-refractivity contribution in [3.8, 4) is 0 Å². The number of hydrogen-bond donors (Lipinski definition) is 0. The SMILES string of the molecule is Brc1cc2nc(c1)C[N-]CC[N-]CC[N-]CC[N-]C2.[Cl][Mn][Cl].[HH].[HH].[HH]. The number of nitrogens with zero attached hydrogens (tertiary/aromatic N) is 5. The Morgan fingerprint density at radius 3 is 1.64 bits per heavy atom. The maximum atomic E-state index is 4.80. The molecule has 0 atom stereocenters. The maximum Gasteiger partial charge on any atom is 0 e. The molecule has 2 heterocycles. The van der Waals surface area contributed by atoms with E-state index in [1.807, 2.05) is 12.1 Å². The van der Waals surface area contributed by atoms with Crippen LogP contribution in [-0.4, -0.2) is 44.3 Å². The average Bonchev–Trinajstić information content (AvgIpc) is 2.48. The zero-order chi connectivity index (χ0) is 16.0. The Labute approximate surface area is 159 Å². The van der Waals surface area contributed by atoms with Crippen molar-refractivity contribution in [1.29, 1.82) is 0 Å². The molecule has 9 heteroatoms. The molecule has 0 saturated carbocycles. The van der Waals surface area contributed by atoms with Gasteiger partial charge in [0.05, 0.1) is 0 Å². The van der Waals surface area contributed by atoms with Crippen LogP contribution in [0, 0.1) is 0 Å². The molecular weight excluding hydrogens is 432 g/mol. The molecule has 0 aliphatic carbocycles. The number of hydrogen-bond acceptors (Lipinski definition) is 1. The summed E-state index contributed by atoms with van der Waals surface area (Å²) in [7, 11) is 9.59. The van der Waals surface area contributed by atoms with Crippen LogP contribution in [0.25, 0.3) is 21.3 Å². The predicted octanol–water partition coefficient (Wildman–Crippen LogP) is 5.47. The molecule has 2 bridgehead atoms. The second-order valence-electron chi connectivity index (χ2n) is 4.37. The Morgan fingerprint density at radius 2 is 1.23 bits per heavy atom. The van der Waals surface area contributed by atoms with Gasteiger partial charge in [0.15, 0.2) is 0 Å². The molecule has 1 aliphatic heterocycles. The molecule has 1 aromatic heterocycles. The van der Waals surface area contributed by atoms with Crippen molar-refractivity contribution in [2.24, 2.45) is 0 Å². The smallest absolute Gasteiger partial charge is 0 e. The standard InChI is InChI=1S/C13H18BrN5.2ClH.Mn.3H2/c14-11-7-12-9-17-5-3-15-1-2-16-4-6-18-10-13(8-11)19-12;;;;;;/h7-8H,1-6,9-10H2;2*1H;;3*1H/q-4;;;+2;;;/p-2. The van der Waals surface area contributed by atoms with Gasteiger partial charge < -0.3 is 21.3 Å². The molecule has 133 valence electrons. The van der Waals surface area contributed by atoms with E-state index in [4.69, 9.17) is 20.2 Å². The van der Waals surface area contributed by atoms with Crippen LogP contribution in [0.5, 0.6) is 0 Å². The molecule has 0 aromatic carbocycles. The third kappa shape index (κ3) is 10.4. The minimum atomic E-state index is 0. The van der Waals surface area contributed by atoms with Gasteiger partial charge in [0.2, 0.25) is 0 Å². The fourth-order valence-corrected chi connectivity index (χ4v) is 2.33. The van der Waals surface area contributed by atoms with Crippen molar-refractivity contribution >= 4 is 36.1 Å². The largest absolute Gasteiger partial charge is 0 e. The van der Waals surface area contributed by atoms with Crippen LogP contribution in [0.15, 0.2) is 16.6 Å². The second kappa shape index (κ2) is 14.0. The predicted molar refractivity (Wildman–Crippen MR) is 100 cm³/mol. The molecule has 5 nitrogen and oxygen atoms in total. The van der Waals surface area contributed by atoms with Crippen LogP contribution < -0.4 is 0 Å². The first-order chi connectivity index (χ1) is 10.8. The number of aromatic nitrogens is 1. The van der Waals surface area contributed by atoms with Gasteiger partial charge in [-0.1, -0.05) is 15.9 Å². The quantitative estimate of drug-likeness (QED) is 0.478. The van der Waals surface area contributed by atoms with Gasteiger partial charge in [0, 0.05) is 20.1 Å². The zero-order valence-electron chi connectivity index (χ0n) is 12.1. The van der Waals surface area contributed by atoms with E-state index in [-0.39, 0.29) is 17.4 Å². The van der Waals surface area contributed by atoms with Crippen LogP contribution in [-0.2, 0) is 26.2 Å². The molecule has 0 fully saturated rings. The Kier molecular flexibility index (Phi) is 13.1. The van der Waals surface area contributed by atoms with Gasteiger partial charge in [-0.15, -0.1) is 13.1 Å². The van der Waals surface area contributed by atoms with E-state index in [0.29, 0.717) is 13.1 Å². The summed E-state index contributed by atoms with van der Waals surface area (Å²) in [5.74, 6) is 0. The summed E-state index contributed by atoms with van der Waals surface area (Å²) in [5.41, 5.74) is 1.97. The van der Waals surface area contributed by atoms with Gasteiger partial charge in [-0.25, -0.2) is 0 Å². The van der Waals surface area contributed by atoms with Gasteiger partial charge in [-0.3, -0.25) is 4.98 Å². The van der Waals surface area contributed by atoms with Crippen molar-refractivity contribution < 1.29 is 17.4 Å². The molecule has 0 radical (unpaired) electrons. The molecule has 22 heavy (non-hydrogen) atoms. The van der Waals surface area contributed by atoms with Crippen molar-refractivity contribution in [1.82, 2.24) is 4.98 Å². The van der Waals surface area contributed by atoms with Crippen molar-refractivity contribution in [3.05, 3.63) is 49.3 Å². The molecule has 0 spiro atoms. The van der Waals surface area contributed by atoms with E-state index in [1.54, 1.807) is 0 Å². The van der Waals surface area contributed by atoms with Gasteiger partial charge in [-0.2, -0.15) is 39.3 Å². The van der Waals surface area contributed by atoms with E-state index < -0.39 is 0 Å². The molecule has 0 amide bonds. The van der Waals surface area contributed by atoms with E-state index >= 15 is 0 Å². The summed E-state index contributed by atoms with van der Waals surface area (Å²) < 4.78 is 1.04. The molecule has 1 aromatic rings. The summed E-state index contributed by atoms with van der Waals surface area (Å²) >= 11 is 3.51. The van der Waals surface area contributed by atoms with Gasteiger partial charge in [-0.05, 0) is 12.1 Å². The van der Waals surface area contributed by atoms with E-state index in [0.717, 1.165) is 55.1 Å². The molecule has 0 N–H and O–H groups in total. The third-order valence-electron chi connectivity index (χ3n) is 2.69. The van der Waals surface area contributed by atoms with E-state index in [2.05, 4.69) is 42.2 Å². The summed E-state index contributed by atoms with van der Waals surface area (Å²) in [6, 6.07) is 4.02. The monoisotopic (exact) mass is 454 g/mol. The first kappa shape index (κ1) is 20.6. The Bertz CT molecular complexity index is 395. The molecule has 1 aliphatic rings. The Hall–Kier alpha value is 0.569. The zero-order valence-corrected chi connectivity index (χ0v) is 16.3. The summed E-state index contributed by atoms with van der Waals surface area (Å²) in [6.07, 6.45) is 0. The minimum Gasteiger partial charge on any atom is 0 e. The van der Waals surface area contributed by atoms with Crippen LogP contribution in [0.2, 0.25) is 0 Å². The Morgan fingerprint density at radius 1 is 0.864 bits per heavy atom. The normalized spacial score (nSPS) is 17.6. The van der Waals surface area contributed by atoms with Gasteiger partial charge >= 0.3 is 33.3 Å². The van der Waals surface area contributed by atoms with Crippen molar-refractivity contribution in [2.45, 2.75) is 13.1 Å². The van der Waals surface area contributed by atoms with E-state index in [1.165, 1.54) is 0 Å². The van der Waals surface area contributed by atoms with Crippen molar-refractivity contribution in [2.75, 3.05) is 39.3 Å². The summed E-state index contributed by atoms with van der Waals surface area (Å²) in [6.45, 7) is 5.96. The minimum absolute atomic E-state index is 0. The van der Waals surface area contributed by atoms with Gasteiger partial charge in [0.1, 0.15) is 0 Å². The van der Waals surface area contributed by atoms with Crippen LogP contribution in [0.4, 0.5) is 0 Å². The average molecular weight is 456 g/mol. The Balaban J connectivity index is -0.000000753. The summed E-state index contributed by atoms with van der Waals surface area (Å²) in [5, 5.41) is 17.7. The summed E-state index contributed by atoms with van der Waals surface area (Å²) in [4.78, 5) is 4.57. The first-order valence-electron chi connectivity index (χ1n) is 6.81. The number of halogens is 3. The molecule has 0 saturated heterocycles. The second-order valence-corrected chi connectivity index (χ2v) is 7.24. The molecular formula is C13H24BrCl2MnN5-4. The third-order valence-corrected chi connectivity index (χ3v) is 3.15. The van der Waals surface area contributed by atoms with Crippen molar-refractivity contribution in [3.63, 3.8) is 0 Å². The number of fused-ring (bicyclic) bond motifs is 2. The van der Waals surface area contributed by atoms with Gasteiger partial charge in [0.25, 0.3) is 0 Å². The van der Waals surface area contributed by atoms with Crippen LogP contribution >= 0.6 is 36.1 Å². The topological polar surface area (TPSA) is 69.3 Å². The fraction of sp³-hybridized carbons (Fsp3) is 0.615. The number of pyridine rings is 1. The molecule has 0 unspecified atom stereocenters. The van der Waals surface area contributed by atoms with E-state index in [9.17, 15) is 0 Å². The first-order valence-corrected chi connectivity index (χ1v) is 10.9. The number of rotatable bonds is 0. The van der Waals surface area contributed by atoms with Crippen LogP contribution in [0.1, 0.15) is 15.7 Å². The fourth-order valence-electron chi connectivity index (χ4n) is 1.81. The van der Waals surface area contributed by atoms with Crippen LogP contribution in [0.3, 0.4) is 0 Å².